The summed E-state index contributed by atoms with van der Waals surface area (Å²) in [5.74, 6) is 3.58. The monoisotopic (exact) mass is 637 g/mol. The Morgan fingerprint density at radius 1 is 0.510 bits per heavy atom. The summed E-state index contributed by atoms with van der Waals surface area (Å²) in [5.41, 5.74) is 16.8. The quantitative estimate of drug-likeness (QED) is 0.189. The predicted octanol–water partition coefficient (Wildman–Crippen LogP) is 12.5. The van der Waals surface area contributed by atoms with Crippen molar-refractivity contribution >= 4 is 17.1 Å². The minimum absolute atomic E-state index is 0.155. The van der Waals surface area contributed by atoms with Crippen molar-refractivity contribution in [3.05, 3.63) is 138 Å². The number of nitrogens with zero attached hydrogens (tertiary/aromatic N) is 1. The maximum atomic E-state index is 2.58. The lowest BCUT2D eigenvalue weighted by atomic mass is 9.27. The Bertz CT molecular complexity index is 2170. The number of fused-ring (bicyclic) bond motifs is 9. The van der Waals surface area contributed by atoms with Crippen LogP contribution in [0.3, 0.4) is 0 Å². The molecule has 6 unspecified atom stereocenters. The average molecular weight is 638 g/mol. The van der Waals surface area contributed by atoms with Gasteiger partial charge in [0.15, 0.2) is 0 Å². The topological polar surface area (TPSA) is 3.24 Å². The summed E-state index contributed by atoms with van der Waals surface area (Å²) in [4.78, 5) is 2.53. The first-order valence-electron chi connectivity index (χ1n) is 19.1. The second-order valence-corrected chi connectivity index (χ2v) is 18.1. The summed E-state index contributed by atoms with van der Waals surface area (Å²) in [5, 5.41) is 0. The summed E-state index contributed by atoms with van der Waals surface area (Å²) in [6, 6.07) is 44.6. The third-order valence-electron chi connectivity index (χ3n) is 15.2. The summed E-state index contributed by atoms with van der Waals surface area (Å²) in [7, 11) is 0. The summed E-state index contributed by atoms with van der Waals surface area (Å²) in [6.45, 7) is 9.75. The van der Waals surface area contributed by atoms with Crippen molar-refractivity contribution in [3.8, 4) is 22.3 Å². The van der Waals surface area contributed by atoms with E-state index in [0.29, 0.717) is 5.41 Å². The molecule has 6 atom stereocenters. The van der Waals surface area contributed by atoms with E-state index in [-0.39, 0.29) is 16.2 Å². The molecule has 1 nitrogen and oxygen atoms in total. The molecule has 0 aliphatic heterocycles. The Morgan fingerprint density at radius 2 is 1.12 bits per heavy atom. The molecular formula is C48H47N. The molecule has 0 heterocycles. The van der Waals surface area contributed by atoms with E-state index < -0.39 is 0 Å². The van der Waals surface area contributed by atoms with Crippen molar-refractivity contribution in [2.24, 2.45) is 29.1 Å². The standard InChI is InChI=1S/C48H47N/c1-45(2)21-22-46(3,4)42-28-36(17-20-41(42)45)49(34-13-9-6-10-14-34)35-16-19-40-38(27-35)37-25-32(31-11-7-5-8-12-31)15-18-39(37)48(40)43-24-30-23-33-26-44(48)47(33,43)29-30/h5-20,25,27-28,30,33,43-44H,21-24,26,29H2,1-4H3. The van der Waals surface area contributed by atoms with E-state index in [9.17, 15) is 0 Å². The van der Waals surface area contributed by atoms with E-state index in [0.717, 1.165) is 23.7 Å². The molecule has 244 valence electrons. The second kappa shape index (κ2) is 9.36. The van der Waals surface area contributed by atoms with Crippen LogP contribution < -0.4 is 4.90 Å². The van der Waals surface area contributed by atoms with Gasteiger partial charge in [-0.25, -0.2) is 0 Å². The minimum atomic E-state index is 0.155. The molecular weight excluding hydrogens is 591 g/mol. The van der Waals surface area contributed by atoms with E-state index in [1.54, 1.807) is 11.1 Å². The molecule has 0 radical (unpaired) electrons. The fraction of sp³-hybridized carbons (Fsp3) is 0.375. The van der Waals surface area contributed by atoms with Crippen molar-refractivity contribution in [1.82, 2.24) is 0 Å². The zero-order chi connectivity index (χ0) is 32.9. The lowest BCUT2D eigenvalue weighted by Crippen LogP contribution is -2.73. The van der Waals surface area contributed by atoms with E-state index in [4.69, 9.17) is 0 Å². The molecule has 2 bridgehead atoms. The van der Waals surface area contributed by atoms with Gasteiger partial charge in [0.05, 0.1) is 0 Å². The summed E-state index contributed by atoms with van der Waals surface area (Å²) in [6.07, 6.45) is 8.34. The van der Waals surface area contributed by atoms with Crippen LogP contribution in [0.15, 0.2) is 115 Å². The Hall–Kier alpha value is -4.10. The normalized spacial score (nSPS) is 31.3. The Kier molecular flexibility index (Phi) is 5.49. The highest BCUT2D eigenvalue weighted by Gasteiger charge is 2.84. The van der Waals surface area contributed by atoms with Crippen LogP contribution >= 0.6 is 0 Å². The van der Waals surface area contributed by atoms with Crippen LogP contribution in [0, 0.1) is 29.1 Å². The molecule has 0 aromatic heterocycles. The fourth-order valence-electron chi connectivity index (χ4n) is 13.1. The van der Waals surface area contributed by atoms with Crippen molar-refractivity contribution < 1.29 is 0 Å². The zero-order valence-corrected chi connectivity index (χ0v) is 29.5. The van der Waals surface area contributed by atoms with Crippen LogP contribution in [0.25, 0.3) is 22.3 Å². The van der Waals surface area contributed by atoms with E-state index in [2.05, 4.69) is 148 Å². The molecule has 5 aromatic rings. The third kappa shape index (κ3) is 3.48. The first-order valence-corrected chi connectivity index (χ1v) is 19.1. The van der Waals surface area contributed by atoms with Crippen LogP contribution in [0.2, 0.25) is 0 Å². The number of hydrogen-bond donors (Lipinski definition) is 0. The highest BCUT2D eigenvalue weighted by Crippen LogP contribution is 2.89. The van der Waals surface area contributed by atoms with Gasteiger partial charge >= 0.3 is 0 Å². The lowest BCUT2D eigenvalue weighted by Gasteiger charge is -2.76. The fourth-order valence-corrected chi connectivity index (χ4v) is 13.1. The number of anilines is 3. The number of rotatable bonds is 4. The van der Waals surface area contributed by atoms with Gasteiger partial charge < -0.3 is 4.90 Å². The minimum Gasteiger partial charge on any atom is -0.310 e. The van der Waals surface area contributed by atoms with Gasteiger partial charge in [-0.05, 0) is 165 Å². The van der Waals surface area contributed by atoms with Crippen LogP contribution in [0.1, 0.15) is 88.5 Å². The van der Waals surface area contributed by atoms with Gasteiger partial charge in [-0.15, -0.1) is 0 Å². The Morgan fingerprint density at radius 3 is 1.86 bits per heavy atom. The smallest absolute Gasteiger partial charge is 0.0468 e. The highest BCUT2D eigenvalue weighted by atomic mass is 15.1. The van der Waals surface area contributed by atoms with Gasteiger partial charge in [0.25, 0.3) is 0 Å². The molecule has 6 aliphatic carbocycles. The molecule has 0 N–H and O–H groups in total. The van der Waals surface area contributed by atoms with Gasteiger partial charge in [0.1, 0.15) is 0 Å². The lowest BCUT2D eigenvalue weighted by molar-refractivity contribution is -0.231. The zero-order valence-electron chi connectivity index (χ0n) is 29.5. The van der Waals surface area contributed by atoms with Crippen molar-refractivity contribution in [2.45, 2.75) is 82.5 Å². The molecule has 4 fully saturated rings. The predicted molar refractivity (Wildman–Crippen MR) is 203 cm³/mol. The number of benzene rings is 5. The van der Waals surface area contributed by atoms with Crippen molar-refractivity contribution in [3.63, 3.8) is 0 Å². The summed E-state index contributed by atoms with van der Waals surface area (Å²) >= 11 is 0. The van der Waals surface area contributed by atoms with Gasteiger partial charge in [0, 0.05) is 22.5 Å². The third-order valence-corrected chi connectivity index (χ3v) is 15.2. The molecule has 6 aliphatic rings. The summed E-state index contributed by atoms with van der Waals surface area (Å²) < 4.78 is 0. The van der Waals surface area contributed by atoms with Crippen molar-refractivity contribution in [1.29, 1.82) is 0 Å². The van der Waals surface area contributed by atoms with E-state index >= 15 is 0 Å². The molecule has 5 aromatic carbocycles. The van der Waals surface area contributed by atoms with Crippen LogP contribution in [0.4, 0.5) is 17.1 Å². The van der Waals surface area contributed by atoms with Crippen molar-refractivity contribution in [2.75, 3.05) is 4.90 Å². The van der Waals surface area contributed by atoms with Gasteiger partial charge in [-0.1, -0.05) is 100 Å². The maximum Gasteiger partial charge on any atom is 0.0468 e. The van der Waals surface area contributed by atoms with Crippen LogP contribution in [0.5, 0.6) is 0 Å². The van der Waals surface area contributed by atoms with E-state index in [1.165, 1.54) is 89.0 Å². The Labute approximate surface area is 292 Å². The number of hydrogen-bond acceptors (Lipinski definition) is 1. The first-order chi connectivity index (χ1) is 23.7. The second-order valence-electron chi connectivity index (χ2n) is 18.1. The maximum absolute atomic E-state index is 2.58. The molecule has 1 heteroatoms. The highest BCUT2D eigenvalue weighted by molar-refractivity contribution is 5.90. The molecule has 49 heavy (non-hydrogen) atoms. The Balaban J connectivity index is 1.11. The average Bonchev–Trinajstić information content (AvgIpc) is 3.75. The molecule has 11 rings (SSSR count). The van der Waals surface area contributed by atoms with Gasteiger partial charge in [0.2, 0.25) is 0 Å². The molecule has 4 saturated carbocycles. The first kappa shape index (κ1) is 28.7. The van der Waals surface area contributed by atoms with Crippen LogP contribution in [-0.4, -0.2) is 0 Å². The SMILES string of the molecule is CC1(C)CCC(C)(C)c2cc(N(c3ccccc3)c3ccc4c(c3)-c3cc(-c5ccccc5)ccc3C43C4CC5CC6CC3C64C5)ccc21. The van der Waals surface area contributed by atoms with Crippen LogP contribution in [-0.2, 0) is 16.2 Å². The molecule has 0 saturated heterocycles. The van der Waals surface area contributed by atoms with E-state index in [1.807, 2.05) is 0 Å². The van der Waals surface area contributed by atoms with Gasteiger partial charge in [-0.3, -0.25) is 0 Å². The number of para-hydroxylation sites is 1. The molecule has 0 amide bonds. The van der Waals surface area contributed by atoms with Gasteiger partial charge in [-0.2, -0.15) is 0 Å². The molecule has 2 spiro atoms. The largest absolute Gasteiger partial charge is 0.310 e.